The van der Waals surface area contributed by atoms with Crippen LogP contribution >= 0.6 is 0 Å². The number of nitrogens with one attached hydrogen (secondary N) is 1. The summed E-state index contributed by atoms with van der Waals surface area (Å²) in [6.07, 6.45) is 0.226. The van der Waals surface area contributed by atoms with Crippen LogP contribution in [-0.4, -0.2) is 65.6 Å². The average Bonchev–Trinajstić information content (AvgIpc) is 3.48. The van der Waals surface area contributed by atoms with Crippen molar-refractivity contribution in [3.8, 4) is 5.82 Å². The number of hydrogen-bond acceptors (Lipinski definition) is 6. The number of benzene rings is 1. The monoisotopic (exact) mass is 604 g/mol. The molecule has 3 aromatic heterocycles. The zero-order chi connectivity index (χ0) is 32.3. The molecule has 0 aliphatic carbocycles. The predicted molar refractivity (Wildman–Crippen MR) is 137 cm³/mol. The maximum atomic E-state index is 12.5. The molecule has 17 heteroatoms. The zero-order valence-electron chi connectivity index (χ0n) is 22.5. The second kappa shape index (κ2) is 15.2. The van der Waals surface area contributed by atoms with Gasteiger partial charge in [-0.05, 0) is 42.2 Å². The van der Waals surface area contributed by atoms with Crippen LogP contribution < -0.4 is 5.32 Å². The lowest BCUT2D eigenvalue weighted by atomic mass is 9.87. The van der Waals surface area contributed by atoms with Crippen LogP contribution in [0.1, 0.15) is 42.4 Å². The van der Waals surface area contributed by atoms with E-state index in [2.05, 4.69) is 41.2 Å². The minimum atomic E-state index is -5.08. The van der Waals surface area contributed by atoms with Crippen LogP contribution in [0.15, 0.2) is 55.1 Å². The summed E-state index contributed by atoms with van der Waals surface area (Å²) in [5.41, 5.74) is 3.39. The Morgan fingerprint density at radius 2 is 1.52 bits per heavy atom. The summed E-state index contributed by atoms with van der Waals surface area (Å²) >= 11 is 0. The van der Waals surface area contributed by atoms with Gasteiger partial charge in [0.15, 0.2) is 17.3 Å². The molecule has 0 unspecified atom stereocenters. The van der Waals surface area contributed by atoms with Gasteiger partial charge in [0.25, 0.3) is 12.4 Å². The van der Waals surface area contributed by atoms with Crippen LogP contribution in [0, 0.1) is 6.92 Å². The molecule has 0 bridgehead atoms. The Hall–Kier alpha value is -4.96. The number of nitrogens with zero attached hydrogens (tertiary/aromatic N) is 5. The van der Waals surface area contributed by atoms with Crippen LogP contribution in [0.25, 0.3) is 11.5 Å². The molecule has 42 heavy (non-hydrogen) atoms. The molecule has 3 N–H and O–H groups in total. The third kappa shape index (κ3) is 11.6. The van der Waals surface area contributed by atoms with Gasteiger partial charge in [-0.25, -0.2) is 19.3 Å². The fraction of sp³-hybridized carbons (Fsp3) is 0.280. The lowest BCUT2D eigenvalue weighted by molar-refractivity contribution is -0.192. The third-order valence-electron chi connectivity index (χ3n) is 4.78. The lowest BCUT2D eigenvalue weighted by Gasteiger charge is -2.18. The molecule has 11 nitrogen and oxygen atoms in total. The number of hydrogen-bond donors (Lipinski definition) is 3. The fourth-order valence-corrected chi connectivity index (χ4v) is 2.93. The van der Waals surface area contributed by atoms with Gasteiger partial charge in [0.1, 0.15) is 6.33 Å². The Labute approximate surface area is 234 Å². The highest BCUT2D eigenvalue weighted by atomic mass is 19.4. The molecular weight excluding hydrogens is 578 g/mol. The molecule has 0 saturated heterocycles. The highest BCUT2D eigenvalue weighted by molar-refractivity contribution is 6.03. The smallest absolute Gasteiger partial charge is 0.483 e. The molecule has 0 atom stereocenters. The summed E-state index contributed by atoms with van der Waals surface area (Å²) in [5.74, 6) is -1.78. The number of rotatable bonds is 3. The molecule has 0 radical (unpaired) electrons. The Bertz CT molecular complexity index is 1460. The zero-order valence-corrected chi connectivity index (χ0v) is 22.5. The van der Waals surface area contributed by atoms with Gasteiger partial charge in [-0.3, -0.25) is 14.2 Å². The van der Waals surface area contributed by atoms with E-state index in [1.54, 1.807) is 17.0 Å². The minimum Gasteiger partial charge on any atom is -0.483 e. The molecule has 0 saturated carbocycles. The van der Waals surface area contributed by atoms with Crippen LogP contribution in [0.3, 0.4) is 0 Å². The van der Waals surface area contributed by atoms with Gasteiger partial charge in [0.05, 0.1) is 11.9 Å². The first-order chi connectivity index (χ1) is 19.4. The van der Waals surface area contributed by atoms with Gasteiger partial charge in [0, 0.05) is 11.8 Å². The van der Waals surface area contributed by atoms with E-state index in [9.17, 15) is 31.1 Å². The van der Waals surface area contributed by atoms with Crippen LogP contribution in [0.4, 0.5) is 32.2 Å². The molecule has 0 fully saturated rings. The van der Waals surface area contributed by atoms with Crippen LogP contribution in [-0.2, 0) is 15.0 Å². The van der Waals surface area contributed by atoms with E-state index in [-0.39, 0.29) is 17.8 Å². The molecule has 4 aromatic rings. The van der Waals surface area contributed by atoms with E-state index in [0.29, 0.717) is 17.0 Å². The molecule has 4 rings (SSSR count). The standard InChI is InChI=1S/C21H22N6O.C2HF3O2.CHF3.CH2O2/c1-14-11-26(13-22-14)19-10-9-18-23-17(12-27(18)25-19)24-20(28)15-5-7-16(8-6-15)21(2,3)4;3-2(4,5)1(6)7;2-1(3)4;2-1-3/h5-13H,1-4H3,(H,24,28);(H,6,7);1H;1H,(H,2,3). The number of halogens is 6. The summed E-state index contributed by atoms with van der Waals surface area (Å²) < 4.78 is 64.2. The van der Waals surface area contributed by atoms with Crippen molar-refractivity contribution in [1.29, 1.82) is 0 Å². The number of carboxylic acids is 1. The summed E-state index contributed by atoms with van der Waals surface area (Å²) in [7, 11) is 0. The number of carboxylic acid groups (broad SMARTS) is 2. The fourth-order valence-electron chi connectivity index (χ4n) is 2.93. The average molecular weight is 605 g/mol. The van der Waals surface area contributed by atoms with Crippen molar-refractivity contribution in [3.05, 3.63) is 71.9 Å². The first-order valence-corrected chi connectivity index (χ1v) is 11.5. The number of carbonyl (C=O) groups excluding carboxylic acids is 1. The summed E-state index contributed by atoms with van der Waals surface area (Å²) in [4.78, 5) is 38.4. The first kappa shape index (κ1) is 35.1. The van der Waals surface area contributed by atoms with Crippen molar-refractivity contribution in [2.45, 2.75) is 46.0 Å². The number of anilines is 1. The van der Waals surface area contributed by atoms with Crippen molar-refractivity contribution >= 4 is 29.8 Å². The van der Waals surface area contributed by atoms with Gasteiger partial charge < -0.3 is 15.5 Å². The molecule has 1 aromatic carbocycles. The van der Waals surface area contributed by atoms with Gasteiger partial charge in [-0.1, -0.05) is 32.9 Å². The van der Waals surface area contributed by atoms with Gasteiger partial charge in [0.2, 0.25) is 0 Å². The molecule has 1 amide bonds. The van der Waals surface area contributed by atoms with Crippen molar-refractivity contribution in [1.82, 2.24) is 24.1 Å². The van der Waals surface area contributed by atoms with Crippen LogP contribution in [0.5, 0.6) is 0 Å². The molecule has 3 heterocycles. The van der Waals surface area contributed by atoms with Gasteiger partial charge in [-0.2, -0.15) is 26.3 Å². The Balaban J connectivity index is 0.000000528. The van der Waals surface area contributed by atoms with Crippen molar-refractivity contribution in [3.63, 3.8) is 0 Å². The Kier molecular flexibility index (Phi) is 12.7. The maximum Gasteiger partial charge on any atom is 0.490 e. The maximum absolute atomic E-state index is 12.5. The van der Waals surface area contributed by atoms with Crippen molar-refractivity contribution in [2.24, 2.45) is 0 Å². The third-order valence-corrected chi connectivity index (χ3v) is 4.78. The van der Waals surface area contributed by atoms with E-state index in [1.807, 2.05) is 54.1 Å². The Morgan fingerprint density at radius 1 is 1.00 bits per heavy atom. The van der Waals surface area contributed by atoms with E-state index in [4.69, 9.17) is 19.8 Å². The van der Waals surface area contributed by atoms with E-state index >= 15 is 0 Å². The molecule has 228 valence electrons. The van der Waals surface area contributed by atoms with Gasteiger partial charge >= 0.3 is 18.8 Å². The Morgan fingerprint density at radius 3 is 1.95 bits per heavy atom. The van der Waals surface area contributed by atoms with Crippen molar-refractivity contribution in [2.75, 3.05) is 5.32 Å². The molecule has 0 aliphatic rings. The van der Waals surface area contributed by atoms with Gasteiger partial charge in [-0.15, -0.1) is 5.10 Å². The number of alkyl halides is 6. The number of aromatic nitrogens is 5. The predicted octanol–water partition coefficient (Wildman–Crippen LogP) is 5.29. The quantitative estimate of drug-likeness (QED) is 0.211. The van der Waals surface area contributed by atoms with Crippen LogP contribution in [0.2, 0.25) is 0 Å². The molecule has 0 spiro atoms. The SMILES string of the molecule is Cc1cn(-c2ccc3nc(NC(=O)c4ccc(C(C)(C)C)cc4)cn3n2)cn1.FC(F)F.O=C(O)C(F)(F)F.O=CO. The first-order valence-electron chi connectivity index (χ1n) is 11.5. The highest BCUT2D eigenvalue weighted by Crippen LogP contribution is 2.22. The van der Waals surface area contributed by atoms with E-state index in [0.717, 1.165) is 11.5 Å². The summed E-state index contributed by atoms with van der Waals surface area (Å²) in [6.45, 7) is 4.44. The second-order valence-corrected chi connectivity index (χ2v) is 8.98. The highest BCUT2D eigenvalue weighted by Gasteiger charge is 2.38. The number of aryl methyl sites for hydroxylation is 1. The summed E-state index contributed by atoms with van der Waals surface area (Å²) in [5, 5.41) is 21.4. The van der Waals surface area contributed by atoms with Crippen molar-refractivity contribution < 1.29 is 50.9 Å². The number of aliphatic carboxylic acids is 1. The largest absolute Gasteiger partial charge is 0.490 e. The molecule has 0 aliphatic heterocycles. The summed E-state index contributed by atoms with van der Waals surface area (Å²) in [6, 6.07) is 11.4. The number of fused-ring (bicyclic) bond motifs is 1. The topological polar surface area (TPSA) is 152 Å². The normalized spacial score (nSPS) is 10.8. The minimum absolute atomic E-state index is 0.0494. The van der Waals surface area contributed by atoms with E-state index in [1.165, 1.54) is 5.56 Å². The number of amides is 1. The van der Waals surface area contributed by atoms with E-state index < -0.39 is 18.8 Å². The number of imidazole rings is 2. The molecular formula is C25H26F6N6O5. The number of carbonyl (C=O) groups is 3. The lowest BCUT2D eigenvalue weighted by Crippen LogP contribution is -2.21. The second-order valence-electron chi connectivity index (χ2n) is 8.98.